The monoisotopic (exact) mass is 455 g/mol. The van der Waals surface area contributed by atoms with Gasteiger partial charge in [-0.3, -0.25) is 4.79 Å². The minimum atomic E-state index is -3.95. The highest BCUT2D eigenvalue weighted by Crippen LogP contribution is 2.30. The first kappa shape index (κ1) is 19.4. The van der Waals surface area contributed by atoms with Crippen molar-refractivity contribution in [2.24, 2.45) is 0 Å². The Hall–Kier alpha value is -2.39. The third-order valence-corrected chi connectivity index (χ3v) is 6.42. The van der Waals surface area contributed by atoms with Crippen LogP contribution in [0.3, 0.4) is 0 Å². The summed E-state index contributed by atoms with van der Waals surface area (Å²) in [6.45, 7) is 1.23. The fourth-order valence-corrected chi connectivity index (χ4v) is 4.48. The lowest BCUT2D eigenvalue weighted by Crippen LogP contribution is -2.31. The van der Waals surface area contributed by atoms with Gasteiger partial charge < -0.3 is 14.2 Å². The quantitative estimate of drug-likeness (QED) is 0.566. The highest BCUT2D eigenvalue weighted by atomic mass is 79.9. The zero-order valence-corrected chi connectivity index (χ0v) is 16.5. The number of carbonyl (C=O) groups is 1. The summed E-state index contributed by atoms with van der Waals surface area (Å²) < 4.78 is 50.5. The first-order valence-corrected chi connectivity index (χ1v) is 10.2. The molecule has 1 amide bonds. The maximum atomic E-state index is 13.5. The minimum Gasteiger partial charge on any atom is -0.468 e. The van der Waals surface area contributed by atoms with Crippen molar-refractivity contribution in [1.29, 1.82) is 0 Å². The maximum Gasteiger partial charge on any atom is 0.287 e. The predicted octanol–water partition coefficient (Wildman–Crippen LogP) is 4.03. The predicted molar refractivity (Wildman–Crippen MR) is 98.5 cm³/mol. The first-order valence-electron chi connectivity index (χ1n) is 7.86. The summed E-state index contributed by atoms with van der Waals surface area (Å²) in [4.78, 5) is 12.1. The second kappa shape index (κ2) is 7.69. The average Bonchev–Trinajstić information content (AvgIpc) is 3.29. The Morgan fingerprint density at radius 2 is 2.04 bits per heavy atom. The van der Waals surface area contributed by atoms with Gasteiger partial charge in [-0.15, -0.1) is 0 Å². The largest absolute Gasteiger partial charge is 0.468 e. The number of carbonyl (C=O) groups excluding carboxylic acids is 1. The van der Waals surface area contributed by atoms with Gasteiger partial charge in [0.2, 0.25) is 0 Å². The smallest absolute Gasteiger partial charge is 0.287 e. The number of halogens is 2. The number of nitrogens with one attached hydrogen (secondary N) is 1. The molecule has 0 saturated carbocycles. The van der Waals surface area contributed by atoms with Crippen LogP contribution in [0.25, 0.3) is 0 Å². The van der Waals surface area contributed by atoms with Crippen LogP contribution in [0.2, 0.25) is 0 Å². The molecule has 0 spiro atoms. The lowest BCUT2D eigenvalue weighted by atomic mass is 10.2. The summed E-state index contributed by atoms with van der Waals surface area (Å²) in [6, 6.07) is 9.62. The SMILES string of the molecule is Cc1cc(S(=O)(=O)[C@@H](CNC(=O)c2ccc(Br)o2)c2ccco2)ccc1F. The molecule has 0 bridgehead atoms. The van der Waals surface area contributed by atoms with Crippen LogP contribution in [0.1, 0.15) is 27.1 Å². The molecule has 2 heterocycles. The number of sulfone groups is 1. The molecule has 27 heavy (non-hydrogen) atoms. The van der Waals surface area contributed by atoms with Crippen LogP contribution < -0.4 is 5.32 Å². The van der Waals surface area contributed by atoms with Gasteiger partial charge in [0.25, 0.3) is 5.91 Å². The van der Waals surface area contributed by atoms with Crippen LogP contribution in [0.4, 0.5) is 4.39 Å². The Morgan fingerprint density at radius 3 is 2.63 bits per heavy atom. The molecule has 0 saturated heterocycles. The van der Waals surface area contributed by atoms with Crippen molar-refractivity contribution < 1.29 is 26.4 Å². The number of furan rings is 2. The van der Waals surface area contributed by atoms with E-state index in [9.17, 15) is 17.6 Å². The van der Waals surface area contributed by atoms with Crippen LogP contribution in [-0.4, -0.2) is 20.9 Å². The Labute approximate surface area is 163 Å². The van der Waals surface area contributed by atoms with Crippen molar-refractivity contribution in [2.75, 3.05) is 6.54 Å². The van der Waals surface area contributed by atoms with E-state index in [0.717, 1.165) is 6.07 Å². The second-order valence-corrected chi connectivity index (χ2v) is 8.69. The van der Waals surface area contributed by atoms with E-state index in [2.05, 4.69) is 21.2 Å². The molecule has 1 N–H and O–H groups in total. The molecule has 6 nitrogen and oxygen atoms in total. The molecule has 0 fully saturated rings. The molecular formula is C18H15BrFNO5S. The molecule has 1 atom stereocenters. The summed E-state index contributed by atoms with van der Waals surface area (Å²) >= 11 is 3.10. The molecule has 3 aromatic rings. The van der Waals surface area contributed by atoms with Crippen molar-refractivity contribution in [3.05, 3.63) is 76.3 Å². The van der Waals surface area contributed by atoms with E-state index in [1.807, 2.05) is 0 Å². The molecule has 3 rings (SSSR count). The Kier molecular flexibility index (Phi) is 5.52. The van der Waals surface area contributed by atoms with Crippen LogP contribution in [0.15, 0.2) is 67.1 Å². The van der Waals surface area contributed by atoms with Crippen LogP contribution in [0, 0.1) is 12.7 Å². The molecule has 0 aliphatic heterocycles. The Morgan fingerprint density at radius 1 is 1.26 bits per heavy atom. The van der Waals surface area contributed by atoms with Crippen molar-refractivity contribution in [3.8, 4) is 0 Å². The maximum absolute atomic E-state index is 13.5. The molecule has 9 heteroatoms. The molecule has 0 radical (unpaired) electrons. The number of rotatable bonds is 6. The van der Waals surface area contributed by atoms with E-state index >= 15 is 0 Å². The number of amides is 1. The van der Waals surface area contributed by atoms with E-state index < -0.39 is 26.8 Å². The number of hydrogen-bond acceptors (Lipinski definition) is 5. The Bertz CT molecular complexity index is 1060. The standard InChI is InChI=1S/C18H15BrFNO5S/c1-11-9-12(4-5-13(11)20)27(23,24)16(14-3-2-8-25-14)10-21-18(22)15-6-7-17(19)26-15/h2-9,16H,10H2,1H3,(H,21,22)/t16-/m0/s1. The van der Waals surface area contributed by atoms with Gasteiger partial charge in [-0.2, -0.15) is 0 Å². The van der Waals surface area contributed by atoms with Gasteiger partial charge in [0.05, 0.1) is 11.2 Å². The average molecular weight is 456 g/mol. The van der Waals surface area contributed by atoms with Gasteiger partial charge in [0, 0.05) is 6.54 Å². The van der Waals surface area contributed by atoms with Crippen molar-refractivity contribution in [2.45, 2.75) is 17.1 Å². The van der Waals surface area contributed by atoms with Crippen LogP contribution in [0.5, 0.6) is 0 Å². The Balaban J connectivity index is 1.89. The molecule has 1 aromatic carbocycles. The minimum absolute atomic E-state index is 0.0371. The number of hydrogen-bond donors (Lipinski definition) is 1. The highest BCUT2D eigenvalue weighted by Gasteiger charge is 2.32. The van der Waals surface area contributed by atoms with Crippen molar-refractivity contribution in [3.63, 3.8) is 0 Å². The summed E-state index contributed by atoms with van der Waals surface area (Å²) in [6.07, 6.45) is 1.35. The lowest BCUT2D eigenvalue weighted by molar-refractivity contribution is 0.0924. The molecule has 142 valence electrons. The number of aryl methyl sites for hydroxylation is 1. The zero-order valence-electron chi connectivity index (χ0n) is 14.1. The lowest BCUT2D eigenvalue weighted by Gasteiger charge is -2.17. The van der Waals surface area contributed by atoms with E-state index in [4.69, 9.17) is 8.83 Å². The highest BCUT2D eigenvalue weighted by molar-refractivity contribution is 9.10. The molecular weight excluding hydrogens is 441 g/mol. The molecule has 0 aliphatic rings. The van der Waals surface area contributed by atoms with Crippen molar-refractivity contribution in [1.82, 2.24) is 5.32 Å². The molecule has 0 aliphatic carbocycles. The second-order valence-electron chi connectivity index (χ2n) is 5.77. The van der Waals surface area contributed by atoms with E-state index in [-0.39, 0.29) is 28.5 Å². The summed E-state index contributed by atoms with van der Waals surface area (Å²) in [5, 5.41) is 1.35. The van der Waals surface area contributed by atoms with E-state index in [0.29, 0.717) is 4.67 Å². The van der Waals surface area contributed by atoms with Gasteiger partial charge in [0.15, 0.2) is 20.3 Å². The fraction of sp³-hybridized carbons (Fsp3) is 0.167. The van der Waals surface area contributed by atoms with Crippen LogP contribution >= 0.6 is 15.9 Å². The fourth-order valence-electron chi connectivity index (χ4n) is 2.50. The van der Waals surface area contributed by atoms with E-state index in [1.165, 1.54) is 37.5 Å². The summed E-state index contributed by atoms with van der Waals surface area (Å²) in [5.41, 5.74) is 0.207. The molecule has 2 aromatic heterocycles. The topological polar surface area (TPSA) is 89.5 Å². The molecule has 0 unspecified atom stereocenters. The third kappa shape index (κ3) is 4.14. The third-order valence-electron chi connectivity index (χ3n) is 3.94. The van der Waals surface area contributed by atoms with Gasteiger partial charge in [0.1, 0.15) is 16.8 Å². The normalized spacial score (nSPS) is 12.7. The van der Waals surface area contributed by atoms with E-state index in [1.54, 1.807) is 12.1 Å². The van der Waals surface area contributed by atoms with Crippen LogP contribution in [-0.2, 0) is 9.84 Å². The summed E-state index contributed by atoms with van der Waals surface area (Å²) in [5.74, 6) is -0.865. The first-order chi connectivity index (χ1) is 12.8. The van der Waals surface area contributed by atoms with Gasteiger partial charge >= 0.3 is 0 Å². The number of benzene rings is 1. The summed E-state index contributed by atoms with van der Waals surface area (Å²) in [7, 11) is -3.95. The van der Waals surface area contributed by atoms with Gasteiger partial charge in [-0.1, -0.05) is 0 Å². The van der Waals surface area contributed by atoms with Crippen molar-refractivity contribution >= 4 is 31.7 Å². The van der Waals surface area contributed by atoms with Gasteiger partial charge in [-0.25, -0.2) is 12.8 Å². The zero-order chi connectivity index (χ0) is 19.6. The van der Waals surface area contributed by atoms with Gasteiger partial charge in [-0.05, 0) is 70.9 Å².